The van der Waals surface area contributed by atoms with Gasteiger partial charge in [-0.3, -0.25) is 0 Å². The van der Waals surface area contributed by atoms with Crippen molar-refractivity contribution in [1.82, 2.24) is 0 Å². The van der Waals surface area contributed by atoms with Gasteiger partial charge in [-0.1, -0.05) is 0 Å². The third kappa shape index (κ3) is 10.9. The van der Waals surface area contributed by atoms with Gasteiger partial charge in [0, 0.05) is 34.5 Å². The van der Waals surface area contributed by atoms with Crippen LogP contribution >= 0.6 is 75.8 Å². The van der Waals surface area contributed by atoms with Gasteiger partial charge in [0.1, 0.15) is 110 Å². The molecular formula is C36H60O24S6. The van der Waals surface area contributed by atoms with Gasteiger partial charge in [0.15, 0.2) is 37.7 Å². The highest BCUT2D eigenvalue weighted by Gasteiger charge is 2.58. The summed E-state index contributed by atoms with van der Waals surface area (Å²) >= 11 is 25.8. The Labute approximate surface area is 410 Å². The Morgan fingerprint density at radius 2 is 0.318 bits per heavy atom. The maximum absolute atomic E-state index is 11.4. The molecule has 12 N–H and O–H groups in total. The zero-order valence-electron chi connectivity index (χ0n) is 34.5. The molecule has 0 aromatic rings. The lowest BCUT2D eigenvalue weighted by molar-refractivity contribution is -0.396. The van der Waals surface area contributed by atoms with Gasteiger partial charge in [0.2, 0.25) is 0 Å². The normalized spacial score (nSPS) is 55.4. The summed E-state index contributed by atoms with van der Waals surface area (Å²) in [6, 6.07) is 0. The Bertz CT molecular complexity index is 1260. The summed E-state index contributed by atoms with van der Waals surface area (Å²) in [6.07, 6.45) is -49.7. The molecule has 0 saturated carbocycles. The Balaban J connectivity index is 1.19. The number of rotatable bonds is 6. The minimum absolute atomic E-state index is 0.200. The van der Waals surface area contributed by atoms with Crippen LogP contribution in [-0.2, 0) is 56.8 Å². The second kappa shape index (κ2) is 23.6. The van der Waals surface area contributed by atoms with Gasteiger partial charge in [0.05, 0.1) is 36.6 Å². The number of thiol groups is 6. The Morgan fingerprint density at radius 3 is 0.424 bits per heavy atom. The molecule has 12 bridgehead atoms. The molecule has 0 aromatic carbocycles. The molecule has 0 unspecified atom stereocenters. The minimum atomic E-state index is -1.94. The van der Waals surface area contributed by atoms with Crippen molar-refractivity contribution in [3.8, 4) is 0 Å². The van der Waals surface area contributed by atoms with Crippen LogP contribution in [0.3, 0.4) is 0 Å². The number of aliphatic hydroxyl groups excluding tert-OH is 12. The average Bonchev–Trinajstić information content (AvgIpc) is 3.31. The van der Waals surface area contributed by atoms with Crippen LogP contribution in [0, 0.1) is 0 Å². The second-order valence-corrected chi connectivity index (χ2v) is 19.0. The van der Waals surface area contributed by atoms with Crippen molar-refractivity contribution < 1.29 is 118 Å². The van der Waals surface area contributed by atoms with Crippen LogP contribution < -0.4 is 0 Å². The van der Waals surface area contributed by atoms with E-state index in [4.69, 9.17) is 56.8 Å². The van der Waals surface area contributed by atoms with Crippen molar-refractivity contribution in [3.05, 3.63) is 0 Å². The Morgan fingerprint density at radius 1 is 0.197 bits per heavy atom. The van der Waals surface area contributed by atoms with E-state index < -0.39 is 184 Å². The molecule has 30 heteroatoms. The van der Waals surface area contributed by atoms with Crippen molar-refractivity contribution >= 4 is 75.8 Å². The highest BCUT2D eigenvalue weighted by Crippen LogP contribution is 2.38. The third-order valence-electron chi connectivity index (χ3n) is 12.7. The van der Waals surface area contributed by atoms with E-state index in [2.05, 4.69) is 75.8 Å². The standard InChI is InChI=1S/C36H60O24S6/c37-13-19(43)31-49-7(1-61)25(13)55-32-20(44)14(38)27(9(3-63)50-32)57-34-22(46)16(40)29(11(5-65)52-34)59-36-24(48)18(42)30(12(6-66)54-36)60-35-23(47)17(41)28(10(4-64)53-35)58-33-21(45)15(39)26(56-31)8(2-62)51-33/h7-48,61-66H,1-6H2/t7-,8-,9-,10-,11-,12-,13-,14-,15-,16-,17-,18-,19-,20-,21-,22-,23-,24-,25-,26-,27-,28-,29-,30-,31-,32-,33-,34-,35-,36-/m1/s1. The van der Waals surface area contributed by atoms with Gasteiger partial charge in [-0.05, 0) is 0 Å². The van der Waals surface area contributed by atoms with E-state index in [0.717, 1.165) is 0 Å². The summed E-state index contributed by atoms with van der Waals surface area (Å²) in [5.41, 5.74) is 0. The quantitative estimate of drug-likeness (QED) is 0.110. The van der Waals surface area contributed by atoms with Crippen LogP contribution in [0.4, 0.5) is 0 Å². The second-order valence-electron chi connectivity index (χ2n) is 16.8. The monoisotopic (exact) mass is 1070 g/mol. The van der Waals surface area contributed by atoms with Gasteiger partial charge in [-0.2, -0.15) is 75.8 Å². The lowest BCUT2D eigenvalue weighted by Crippen LogP contribution is -2.68. The number of hydrogen-bond acceptors (Lipinski definition) is 30. The van der Waals surface area contributed by atoms with Gasteiger partial charge < -0.3 is 118 Å². The van der Waals surface area contributed by atoms with E-state index in [1.165, 1.54) is 0 Å². The van der Waals surface area contributed by atoms with Gasteiger partial charge >= 0.3 is 0 Å². The van der Waals surface area contributed by atoms with E-state index in [0.29, 0.717) is 0 Å². The molecule has 0 spiro atoms. The maximum Gasteiger partial charge on any atom is 0.187 e. The molecule has 22 aliphatic rings. The van der Waals surface area contributed by atoms with Crippen LogP contribution in [0.15, 0.2) is 0 Å². The Hall–Kier alpha value is 1.14. The van der Waals surface area contributed by atoms with E-state index in [-0.39, 0.29) is 34.5 Å². The fourth-order valence-corrected chi connectivity index (χ4v) is 10.7. The lowest BCUT2D eigenvalue weighted by atomic mass is 9.95. The van der Waals surface area contributed by atoms with Gasteiger partial charge in [-0.15, -0.1) is 0 Å². The maximum atomic E-state index is 11.4. The highest BCUT2D eigenvalue weighted by molar-refractivity contribution is 7.81. The number of aliphatic hydroxyl groups is 12. The van der Waals surface area contributed by atoms with Crippen molar-refractivity contribution in [2.75, 3.05) is 34.5 Å². The molecule has 66 heavy (non-hydrogen) atoms. The third-order valence-corrected chi connectivity index (χ3v) is 14.8. The summed E-state index contributed by atoms with van der Waals surface area (Å²) < 4.78 is 71.3. The van der Waals surface area contributed by atoms with Crippen molar-refractivity contribution in [2.24, 2.45) is 0 Å². The number of ether oxygens (including phenoxy) is 12. The first kappa shape index (κ1) is 54.9. The smallest absolute Gasteiger partial charge is 0.187 e. The fourth-order valence-electron chi connectivity index (χ4n) is 8.93. The highest BCUT2D eigenvalue weighted by atomic mass is 32.1. The van der Waals surface area contributed by atoms with Crippen molar-refractivity contribution in [3.63, 3.8) is 0 Å². The van der Waals surface area contributed by atoms with Crippen LogP contribution in [0.1, 0.15) is 0 Å². The van der Waals surface area contributed by atoms with Crippen LogP contribution in [0.5, 0.6) is 0 Å². The average molecular weight is 1070 g/mol. The Kier molecular flexibility index (Phi) is 19.6. The predicted molar refractivity (Wildman–Crippen MR) is 236 cm³/mol. The summed E-state index contributed by atoms with van der Waals surface area (Å²) in [6.45, 7) is 0. The summed E-state index contributed by atoms with van der Waals surface area (Å²) in [5, 5.41) is 136. The molecule has 0 aromatic heterocycles. The molecule has 0 amide bonds. The summed E-state index contributed by atoms with van der Waals surface area (Å²) in [5.74, 6) is -1.20. The zero-order chi connectivity index (χ0) is 48.0. The van der Waals surface area contributed by atoms with E-state index in [1.54, 1.807) is 0 Å². The van der Waals surface area contributed by atoms with Crippen molar-refractivity contribution in [1.29, 1.82) is 0 Å². The van der Waals surface area contributed by atoms with Gasteiger partial charge in [0.25, 0.3) is 0 Å². The topological polar surface area (TPSA) is 354 Å². The van der Waals surface area contributed by atoms with E-state index in [1.807, 2.05) is 0 Å². The lowest BCUT2D eigenvalue weighted by Gasteiger charge is -2.51. The molecule has 24 nitrogen and oxygen atoms in total. The van der Waals surface area contributed by atoms with E-state index in [9.17, 15) is 61.3 Å². The molecule has 22 heterocycles. The number of hydrogen-bond donors (Lipinski definition) is 18. The predicted octanol–water partition coefficient (Wildman–Crippen LogP) is -7.43. The first-order chi connectivity index (χ1) is 31.4. The molecule has 22 aliphatic heterocycles. The van der Waals surface area contributed by atoms with Gasteiger partial charge in [-0.25, -0.2) is 0 Å². The molecule has 22 fully saturated rings. The first-order valence-corrected chi connectivity index (χ1v) is 24.9. The molecular weight excluding hydrogens is 1010 g/mol. The molecule has 0 radical (unpaired) electrons. The SMILES string of the molecule is O[C@@H]1[C@@H](O)[C@H]2O[C@H]3[C@H](O)[C@@H](O)[C@@H](O[C@H]4[C@H](O)[C@@H](O)[C@@H](O[C@H]5[C@H](O)[C@@H](O)[C@@H](O[C@H]6[C@H](O)[C@@H](O)[C@@H](O[C@H]7[C@H](O)[C@@H](O)[C@@H](O[C@@H]1[C@@H](CS)O2)O[C@@H]7CS)O[C@@H]6CS)O[C@@H]5CS)O[C@@H]4CS)O[C@@H]3CS. The summed E-state index contributed by atoms with van der Waals surface area (Å²) in [7, 11) is 0. The minimum Gasteiger partial charge on any atom is -0.387 e. The zero-order valence-corrected chi connectivity index (χ0v) is 39.9. The molecule has 22 saturated heterocycles. The molecule has 30 atom stereocenters. The molecule has 384 valence electrons. The summed E-state index contributed by atoms with van der Waals surface area (Å²) in [4.78, 5) is 0. The fraction of sp³-hybridized carbons (Fsp3) is 1.00. The van der Waals surface area contributed by atoms with Crippen LogP contribution in [-0.4, -0.2) is 280 Å². The first-order valence-electron chi connectivity index (χ1n) is 21.1. The van der Waals surface area contributed by atoms with Crippen LogP contribution in [0.2, 0.25) is 0 Å². The van der Waals surface area contributed by atoms with Crippen molar-refractivity contribution in [2.45, 2.75) is 184 Å². The molecule has 0 aliphatic carbocycles. The van der Waals surface area contributed by atoms with E-state index >= 15 is 0 Å². The van der Waals surface area contributed by atoms with Crippen LogP contribution in [0.25, 0.3) is 0 Å². The largest absolute Gasteiger partial charge is 0.387 e. The molecule has 22 rings (SSSR count).